The molecular weight excluding hydrogens is 216 g/mol. The highest BCUT2D eigenvalue weighted by Crippen LogP contribution is 2.35. The molecule has 0 saturated carbocycles. The average Bonchev–Trinajstić information content (AvgIpc) is 2.10. The fourth-order valence-electron chi connectivity index (χ4n) is 0.841. The summed E-state index contributed by atoms with van der Waals surface area (Å²) < 4.78 is 27.8. The minimum Gasteiger partial charge on any atom is -0.432 e. The van der Waals surface area contributed by atoms with Gasteiger partial charge in [0, 0.05) is 0 Å². The smallest absolute Gasteiger partial charge is 0.387 e. The van der Waals surface area contributed by atoms with Crippen LogP contribution in [-0.2, 0) is 4.79 Å². The first-order valence-electron chi connectivity index (χ1n) is 3.46. The average molecular weight is 220 g/mol. The van der Waals surface area contributed by atoms with Crippen molar-refractivity contribution in [1.29, 1.82) is 0 Å². The second kappa shape index (κ2) is 4.69. The highest BCUT2D eigenvalue weighted by atomic mass is 35.5. The van der Waals surface area contributed by atoms with E-state index in [1.807, 2.05) is 0 Å². The number of nitrogens with zero attached hydrogens (tertiary/aromatic N) is 1. The molecule has 6 heteroatoms. The van der Waals surface area contributed by atoms with E-state index < -0.39 is 6.61 Å². The predicted molar refractivity (Wildman–Crippen MR) is 45.9 cm³/mol. The van der Waals surface area contributed by atoms with Crippen molar-refractivity contribution >= 4 is 23.4 Å². The van der Waals surface area contributed by atoms with Crippen LogP contribution in [0, 0.1) is 0 Å². The number of para-hydroxylation sites is 1. The summed E-state index contributed by atoms with van der Waals surface area (Å²) in [4.78, 5) is 13.1. The zero-order valence-electron chi connectivity index (χ0n) is 6.71. The van der Waals surface area contributed by atoms with E-state index in [4.69, 9.17) is 11.6 Å². The van der Waals surface area contributed by atoms with Crippen LogP contribution in [0.25, 0.3) is 0 Å². The summed E-state index contributed by atoms with van der Waals surface area (Å²) >= 11 is 5.59. The van der Waals surface area contributed by atoms with Crippen molar-refractivity contribution < 1.29 is 18.3 Å². The van der Waals surface area contributed by atoms with Crippen LogP contribution in [0.4, 0.5) is 14.5 Å². The van der Waals surface area contributed by atoms with Crippen molar-refractivity contribution in [3.8, 4) is 5.75 Å². The van der Waals surface area contributed by atoms with Gasteiger partial charge in [-0.1, -0.05) is 17.7 Å². The van der Waals surface area contributed by atoms with Crippen LogP contribution in [0.1, 0.15) is 0 Å². The standard InChI is InChI=1S/C8H4ClF2NO2/c9-5-2-1-3-6(14-8(10)11)7(5)12-4-13/h1-3,8H. The van der Waals surface area contributed by atoms with Crippen molar-refractivity contribution in [2.75, 3.05) is 0 Å². The molecular formula is C8H4ClF2NO2. The molecule has 0 saturated heterocycles. The number of alkyl halides is 2. The molecule has 0 N–H and O–H groups in total. The van der Waals surface area contributed by atoms with Crippen LogP contribution in [0.3, 0.4) is 0 Å². The highest BCUT2D eigenvalue weighted by molar-refractivity contribution is 6.33. The minimum atomic E-state index is -2.99. The van der Waals surface area contributed by atoms with Gasteiger partial charge in [-0.2, -0.15) is 13.8 Å². The Morgan fingerprint density at radius 1 is 1.50 bits per heavy atom. The first kappa shape index (κ1) is 10.6. The molecule has 0 fully saturated rings. The molecule has 1 aromatic carbocycles. The molecule has 1 aromatic rings. The fourth-order valence-corrected chi connectivity index (χ4v) is 1.05. The molecule has 0 aliphatic heterocycles. The molecule has 74 valence electrons. The summed E-state index contributed by atoms with van der Waals surface area (Å²) in [6.07, 6.45) is 1.20. The van der Waals surface area contributed by atoms with Gasteiger partial charge in [-0.05, 0) is 12.1 Å². The summed E-state index contributed by atoms with van der Waals surface area (Å²) in [5.41, 5.74) is -0.149. The number of halogens is 3. The van der Waals surface area contributed by atoms with Gasteiger partial charge in [-0.15, -0.1) is 0 Å². The highest BCUT2D eigenvalue weighted by Gasteiger charge is 2.11. The van der Waals surface area contributed by atoms with Crippen LogP contribution in [0.15, 0.2) is 23.2 Å². The van der Waals surface area contributed by atoms with E-state index in [1.165, 1.54) is 24.3 Å². The zero-order valence-corrected chi connectivity index (χ0v) is 7.46. The van der Waals surface area contributed by atoms with Gasteiger partial charge in [0.25, 0.3) is 0 Å². The Kier molecular flexibility index (Phi) is 3.56. The molecule has 0 amide bonds. The van der Waals surface area contributed by atoms with E-state index in [2.05, 4.69) is 9.73 Å². The SMILES string of the molecule is O=C=Nc1c(Cl)cccc1OC(F)F. The Labute approximate surface area is 83.0 Å². The van der Waals surface area contributed by atoms with Gasteiger partial charge in [0.15, 0.2) is 5.75 Å². The van der Waals surface area contributed by atoms with E-state index in [1.54, 1.807) is 0 Å². The number of benzene rings is 1. The maximum absolute atomic E-state index is 11.9. The van der Waals surface area contributed by atoms with Crippen molar-refractivity contribution in [2.45, 2.75) is 6.61 Å². The van der Waals surface area contributed by atoms with Gasteiger partial charge in [-0.3, -0.25) is 0 Å². The molecule has 0 aromatic heterocycles. The first-order valence-corrected chi connectivity index (χ1v) is 3.84. The normalized spacial score (nSPS) is 9.71. The van der Waals surface area contributed by atoms with Gasteiger partial charge in [0.1, 0.15) is 5.69 Å². The van der Waals surface area contributed by atoms with Crippen LogP contribution in [0.5, 0.6) is 5.75 Å². The third-order valence-corrected chi connectivity index (χ3v) is 1.63. The second-order valence-corrected chi connectivity index (χ2v) is 2.58. The lowest BCUT2D eigenvalue weighted by Gasteiger charge is -2.06. The van der Waals surface area contributed by atoms with Gasteiger partial charge in [-0.25, -0.2) is 4.79 Å². The zero-order chi connectivity index (χ0) is 10.6. The number of hydrogen-bond donors (Lipinski definition) is 0. The summed E-state index contributed by atoms with van der Waals surface area (Å²) in [5, 5.41) is 0.0477. The Morgan fingerprint density at radius 2 is 2.21 bits per heavy atom. The Bertz CT molecular complexity index is 378. The predicted octanol–water partition coefficient (Wildman–Crippen LogP) is 2.91. The van der Waals surface area contributed by atoms with Gasteiger partial charge < -0.3 is 4.74 Å². The monoisotopic (exact) mass is 219 g/mol. The van der Waals surface area contributed by atoms with Crippen molar-refractivity contribution in [3.05, 3.63) is 23.2 Å². The molecule has 0 aliphatic carbocycles. The number of hydrogen-bond acceptors (Lipinski definition) is 3. The number of isocyanates is 1. The Morgan fingerprint density at radius 3 is 2.79 bits per heavy atom. The maximum Gasteiger partial charge on any atom is 0.387 e. The summed E-state index contributed by atoms with van der Waals surface area (Å²) in [7, 11) is 0. The van der Waals surface area contributed by atoms with Crippen LogP contribution < -0.4 is 4.74 Å². The quantitative estimate of drug-likeness (QED) is 0.579. The number of rotatable bonds is 3. The molecule has 3 nitrogen and oxygen atoms in total. The van der Waals surface area contributed by atoms with Crippen LogP contribution in [-0.4, -0.2) is 12.7 Å². The third kappa shape index (κ3) is 2.52. The first-order chi connectivity index (χ1) is 6.65. The molecule has 0 spiro atoms. The largest absolute Gasteiger partial charge is 0.432 e. The van der Waals surface area contributed by atoms with Crippen molar-refractivity contribution in [1.82, 2.24) is 0 Å². The number of ether oxygens (including phenoxy) is 1. The van der Waals surface area contributed by atoms with Gasteiger partial charge in [0.05, 0.1) is 5.02 Å². The Hall–Kier alpha value is -1.45. The van der Waals surface area contributed by atoms with Gasteiger partial charge in [0.2, 0.25) is 6.08 Å². The van der Waals surface area contributed by atoms with Crippen LogP contribution >= 0.6 is 11.6 Å². The Balaban J connectivity index is 3.14. The lowest BCUT2D eigenvalue weighted by atomic mass is 10.3. The number of aliphatic imine (C=N–C) groups is 1. The number of carbonyl (C=O) groups excluding carboxylic acids is 1. The van der Waals surface area contributed by atoms with E-state index >= 15 is 0 Å². The van der Waals surface area contributed by atoms with Crippen molar-refractivity contribution in [3.63, 3.8) is 0 Å². The molecule has 0 atom stereocenters. The van der Waals surface area contributed by atoms with E-state index in [0.717, 1.165) is 0 Å². The third-order valence-electron chi connectivity index (χ3n) is 1.32. The summed E-state index contributed by atoms with van der Waals surface area (Å²) in [6.45, 7) is -2.99. The topological polar surface area (TPSA) is 38.7 Å². The van der Waals surface area contributed by atoms with Gasteiger partial charge >= 0.3 is 6.61 Å². The van der Waals surface area contributed by atoms with Crippen LogP contribution in [0.2, 0.25) is 5.02 Å². The molecule has 0 aliphatic rings. The molecule has 1 rings (SSSR count). The molecule has 0 unspecified atom stereocenters. The maximum atomic E-state index is 11.9. The lowest BCUT2D eigenvalue weighted by molar-refractivity contribution is -0.0494. The molecule has 0 heterocycles. The minimum absolute atomic E-state index is 0.0477. The molecule has 14 heavy (non-hydrogen) atoms. The summed E-state index contributed by atoms with van der Waals surface area (Å²) in [5.74, 6) is -0.254. The van der Waals surface area contributed by atoms with E-state index in [0.29, 0.717) is 0 Å². The van der Waals surface area contributed by atoms with E-state index in [-0.39, 0.29) is 16.5 Å². The lowest BCUT2D eigenvalue weighted by Crippen LogP contribution is -2.01. The summed E-state index contributed by atoms with van der Waals surface area (Å²) in [6, 6.07) is 4.04. The fraction of sp³-hybridized carbons (Fsp3) is 0.125. The molecule has 0 bridgehead atoms. The van der Waals surface area contributed by atoms with E-state index in [9.17, 15) is 13.6 Å². The molecule has 0 radical (unpaired) electrons. The van der Waals surface area contributed by atoms with Crippen molar-refractivity contribution in [2.24, 2.45) is 4.99 Å². The second-order valence-electron chi connectivity index (χ2n) is 2.17.